The number of rotatable bonds is 3. The average Bonchev–Trinajstić information content (AvgIpc) is 2.40. The monoisotopic (exact) mass is 295 g/mol. The molecule has 1 unspecified atom stereocenters. The molecule has 19 heavy (non-hydrogen) atoms. The van der Waals surface area contributed by atoms with Crippen molar-refractivity contribution in [2.75, 3.05) is 0 Å². The zero-order valence-corrected chi connectivity index (χ0v) is 11.7. The van der Waals surface area contributed by atoms with Gasteiger partial charge in [0.1, 0.15) is 5.15 Å². The molecule has 1 heterocycles. The number of carbonyl (C=O) groups excluding carboxylic acids is 1. The van der Waals surface area contributed by atoms with Crippen LogP contribution in [0, 0.1) is 0 Å². The second-order valence-electron chi connectivity index (χ2n) is 3.94. The molecular weight excluding hydrogens is 285 g/mol. The van der Waals surface area contributed by atoms with Crippen molar-refractivity contribution in [2.24, 2.45) is 0 Å². The van der Waals surface area contributed by atoms with Crippen LogP contribution in [0.3, 0.4) is 0 Å². The Kier molecular flexibility index (Phi) is 4.40. The topological polar surface area (TPSA) is 39.2 Å². The molecule has 98 valence electrons. The normalized spacial score (nSPS) is 11.9. The molecule has 0 spiro atoms. The number of aromatic nitrogens is 1. The van der Waals surface area contributed by atoms with Crippen molar-refractivity contribution >= 4 is 29.2 Å². The molecule has 0 fully saturated rings. The van der Waals surface area contributed by atoms with Crippen molar-refractivity contribution in [3.8, 4) is 0 Å². The Morgan fingerprint density at radius 1 is 1.21 bits per heavy atom. The quantitative estimate of drug-likeness (QED) is 0.634. The highest BCUT2D eigenvalue weighted by Gasteiger charge is 2.18. The van der Waals surface area contributed by atoms with Crippen LogP contribution in [0.15, 0.2) is 42.6 Å². The minimum absolute atomic E-state index is 0.222. The van der Waals surface area contributed by atoms with E-state index in [1.54, 1.807) is 12.3 Å². The van der Waals surface area contributed by atoms with Gasteiger partial charge in [0.05, 0.1) is 5.02 Å². The highest BCUT2D eigenvalue weighted by molar-refractivity contribution is 6.41. The van der Waals surface area contributed by atoms with Gasteiger partial charge in [-0.15, -0.1) is 0 Å². The molecule has 0 aliphatic heterocycles. The molecule has 0 amide bonds. The molecule has 1 aromatic carbocycles. The third-order valence-electron chi connectivity index (χ3n) is 2.51. The van der Waals surface area contributed by atoms with Gasteiger partial charge in [0.15, 0.2) is 6.10 Å². The first-order valence-electron chi connectivity index (χ1n) is 5.61. The van der Waals surface area contributed by atoms with E-state index in [1.165, 1.54) is 6.92 Å². The summed E-state index contributed by atoms with van der Waals surface area (Å²) in [4.78, 5) is 15.2. The van der Waals surface area contributed by atoms with Gasteiger partial charge in [-0.25, -0.2) is 4.98 Å². The largest absolute Gasteiger partial charge is 0.453 e. The summed E-state index contributed by atoms with van der Waals surface area (Å²) >= 11 is 11.7. The van der Waals surface area contributed by atoms with Crippen molar-refractivity contribution in [1.29, 1.82) is 0 Å². The molecule has 0 aliphatic rings. The van der Waals surface area contributed by atoms with E-state index in [2.05, 4.69) is 4.98 Å². The SMILES string of the molecule is CC(=O)OC(c1ccccc1)c1cnc(Cl)c(Cl)c1. The zero-order chi connectivity index (χ0) is 13.8. The first-order valence-corrected chi connectivity index (χ1v) is 6.36. The van der Waals surface area contributed by atoms with Crippen LogP contribution < -0.4 is 0 Å². The van der Waals surface area contributed by atoms with Crippen LogP contribution in [-0.2, 0) is 9.53 Å². The zero-order valence-electron chi connectivity index (χ0n) is 10.1. The molecular formula is C14H11Cl2NO2. The Morgan fingerprint density at radius 2 is 1.89 bits per heavy atom. The highest BCUT2D eigenvalue weighted by Crippen LogP contribution is 2.29. The molecule has 3 nitrogen and oxygen atoms in total. The Morgan fingerprint density at radius 3 is 2.47 bits per heavy atom. The molecule has 0 aliphatic carbocycles. The fourth-order valence-corrected chi connectivity index (χ4v) is 1.98. The number of esters is 1. The Hall–Kier alpha value is -1.58. The molecule has 0 radical (unpaired) electrons. The van der Waals surface area contributed by atoms with Gasteiger partial charge in [-0.3, -0.25) is 4.79 Å². The fourth-order valence-electron chi connectivity index (χ4n) is 1.70. The van der Waals surface area contributed by atoms with Gasteiger partial charge in [-0.2, -0.15) is 0 Å². The summed E-state index contributed by atoms with van der Waals surface area (Å²) in [6.45, 7) is 1.36. The van der Waals surface area contributed by atoms with E-state index in [-0.39, 0.29) is 11.1 Å². The van der Waals surface area contributed by atoms with Gasteiger partial charge >= 0.3 is 5.97 Å². The fraction of sp³-hybridized carbons (Fsp3) is 0.143. The molecule has 2 aromatic rings. The number of benzene rings is 1. The van der Waals surface area contributed by atoms with Crippen LogP contribution in [0.5, 0.6) is 0 Å². The van der Waals surface area contributed by atoms with Crippen molar-refractivity contribution in [2.45, 2.75) is 13.0 Å². The smallest absolute Gasteiger partial charge is 0.303 e. The van der Waals surface area contributed by atoms with Crippen LogP contribution >= 0.6 is 23.2 Å². The summed E-state index contributed by atoms with van der Waals surface area (Å²) < 4.78 is 5.34. The summed E-state index contributed by atoms with van der Waals surface area (Å²) in [5, 5.41) is 0.548. The van der Waals surface area contributed by atoms with Crippen LogP contribution in [0.25, 0.3) is 0 Å². The summed E-state index contributed by atoms with van der Waals surface area (Å²) in [5.41, 5.74) is 1.52. The van der Waals surface area contributed by atoms with Gasteiger partial charge in [-0.05, 0) is 11.6 Å². The standard InChI is InChI=1S/C14H11Cl2NO2/c1-9(18)19-13(10-5-3-2-4-6-10)11-7-12(15)14(16)17-8-11/h2-8,13H,1H3. The van der Waals surface area contributed by atoms with E-state index in [0.29, 0.717) is 10.6 Å². The van der Waals surface area contributed by atoms with Crippen molar-refractivity contribution < 1.29 is 9.53 Å². The number of hydrogen-bond acceptors (Lipinski definition) is 3. The summed E-state index contributed by atoms with van der Waals surface area (Å²) in [6.07, 6.45) is 1.01. The maximum atomic E-state index is 11.3. The number of ether oxygens (including phenoxy) is 1. The first kappa shape index (κ1) is 13.8. The predicted molar refractivity (Wildman–Crippen MR) is 74.3 cm³/mol. The minimum atomic E-state index is -0.541. The molecule has 0 saturated carbocycles. The minimum Gasteiger partial charge on any atom is -0.453 e. The number of nitrogens with zero attached hydrogens (tertiary/aromatic N) is 1. The van der Waals surface area contributed by atoms with Crippen molar-refractivity contribution in [1.82, 2.24) is 4.98 Å². The van der Waals surface area contributed by atoms with Gasteiger partial charge in [0, 0.05) is 18.7 Å². The van der Waals surface area contributed by atoms with E-state index in [1.807, 2.05) is 30.3 Å². The summed E-state index contributed by atoms with van der Waals surface area (Å²) in [6, 6.07) is 11.0. The summed E-state index contributed by atoms with van der Waals surface area (Å²) in [5.74, 6) is -0.375. The van der Waals surface area contributed by atoms with Crippen LogP contribution in [0.4, 0.5) is 0 Å². The van der Waals surface area contributed by atoms with E-state index >= 15 is 0 Å². The number of hydrogen-bond donors (Lipinski definition) is 0. The lowest BCUT2D eigenvalue weighted by molar-refractivity contribution is -0.144. The maximum absolute atomic E-state index is 11.3. The molecule has 5 heteroatoms. The predicted octanol–water partition coefficient (Wildman–Crippen LogP) is 4.04. The Labute approximate surface area is 121 Å². The number of carbonyl (C=O) groups is 1. The lowest BCUT2D eigenvalue weighted by atomic mass is 10.0. The van der Waals surface area contributed by atoms with Crippen molar-refractivity contribution in [3.63, 3.8) is 0 Å². The van der Waals surface area contributed by atoms with E-state index in [0.717, 1.165) is 5.56 Å². The maximum Gasteiger partial charge on any atom is 0.303 e. The van der Waals surface area contributed by atoms with Crippen molar-refractivity contribution in [3.05, 3.63) is 63.9 Å². The number of pyridine rings is 1. The molecule has 1 atom stereocenters. The van der Waals surface area contributed by atoms with E-state index < -0.39 is 6.10 Å². The first-order chi connectivity index (χ1) is 9.08. The molecule has 0 N–H and O–H groups in total. The second-order valence-corrected chi connectivity index (χ2v) is 4.71. The Bertz CT molecular complexity index is 587. The Balaban J connectivity index is 2.42. The van der Waals surface area contributed by atoms with Gasteiger partial charge in [0.25, 0.3) is 0 Å². The highest BCUT2D eigenvalue weighted by atomic mass is 35.5. The van der Waals surface area contributed by atoms with E-state index in [4.69, 9.17) is 27.9 Å². The van der Waals surface area contributed by atoms with Gasteiger partial charge < -0.3 is 4.74 Å². The lowest BCUT2D eigenvalue weighted by Gasteiger charge is -2.17. The summed E-state index contributed by atoms with van der Waals surface area (Å²) in [7, 11) is 0. The van der Waals surface area contributed by atoms with Gasteiger partial charge in [0.2, 0.25) is 0 Å². The third kappa shape index (κ3) is 3.46. The lowest BCUT2D eigenvalue weighted by Crippen LogP contribution is -2.10. The van der Waals surface area contributed by atoms with Crippen LogP contribution in [0.1, 0.15) is 24.2 Å². The molecule has 0 saturated heterocycles. The molecule has 2 rings (SSSR count). The van der Waals surface area contributed by atoms with E-state index in [9.17, 15) is 4.79 Å². The van der Waals surface area contributed by atoms with Crippen LogP contribution in [-0.4, -0.2) is 11.0 Å². The third-order valence-corrected chi connectivity index (χ3v) is 3.19. The van der Waals surface area contributed by atoms with Crippen LogP contribution in [0.2, 0.25) is 10.2 Å². The molecule has 0 bridgehead atoms. The average molecular weight is 296 g/mol. The van der Waals surface area contributed by atoms with Gasteiger partial charge in [-0.1, -0.05) is 53.5 Å². The number of halogens is 2. The molecule has 1 aromatic heterocycles. The second kappa shape index (κ2) is 6.04.